The van der Waals surface area contributed by atoms with Crippen molar-refractivity contribution < 1.29 is 22.8 Å². The number of rotatable bonds is 13. The fourth-order valence-electron chi connectivity index (χ4n) is 4.02. The monoisotopic (exact) mass is 542 g/mol. The molecule has 0 aliphatic carbocycles. The minimum Gasteiger partial charge on any atom is -0.351 e. The van der Waals surface area contributed by atoms with Crippen molar-refractivity contribution in [1.29, 1.82) is 0 Å². The fourth-order valence-corrected chi connectivity index (χ4v) is 4.67. The Hall–Kier alpha value is -3.21. The lowest BCUT2D eigenvalue weighted by molar-refractivity contribution is -0.220. The summed E-state index contributed by atoms with van der Waals surface area (Å²) in [4.78, 5) is 34.9. The second kappa shape index (κ2) is 12.6. The number of hydrogen-bond acceptors (Lipinski definition) is 6. The standard InChI is InChI=1S/C28H38N4O5S/c1-28(2,3)37-32(20-33)19-22-10-8-21(9-11-22)7-6-15-31(4)16-14-29-27(34)26-18-23-17-24(38(5,35)36)12-13-25(23)30-26/h8-13,17-18,20,30H,6-7,14-16,19H2,1-5H3,(H,29,34). The second-order valence-corrected chi connectivity index (χ2v) is 12.6. The molecule has 0 radical (unpaired) electrons. The van der Waals surface area contributed by atoms with Gasteiger partial charge in [-0.2, -0.15) is 0 Å². The molecule has 0 spiro atoms. The van der Waals surface area contributed by atoms with Gasteiger partial charge in [0.2, 0.25) is 6.41 Å². The lowest BCUT2D eigenvalue weighted by atomic mass is 10.1. The molecule has 0 atom stereocenters. The minimum absolute atomic E-state index is 0.225. The Morgan fingerprint density at radius 2 is 1.74 bits per heavy atom. The number of aryl methyl sites for hydroxylation is 1. The summed E-state index contributed by atoms with van der Waals surface area (Å²) in [5.74, 6) is -0.225. The molecule has 3 aromatic rings. The van der Waals surface area contributed by atoms with Crippen LogP contribution >= 0.6 is 0 Å². The summed E-state index contributed by atoms with van der Waals surface area (Å²) in [5, 5.41) is 4.91. The number of carbonyl (C=O) groups is 2. The van der Waals surface area contributed by atoms with Crippen molar-refractivity contribution in [3.05, 3.63) is 65.4 Å². The van der Waals surface area contributed by atoms with Crippen LogP contribution in [0.25, 0.3) is 10.9 Å². The number of nitrogens with one attached hydrogen (secondary N) is 2. The molecule has 0 saturated carbocycles. The van der Waals surface area contributed by atoms with Gasteiger partial charge in [-0.1, -0.05) is 24.3 Å². The van der Waals surface area contributed by atoms with Gasteiger partial charge in [0.05, 0.1) is 17.0 Å². The maximum absolute atomic E-state index is 12.5. The van der Waals surface area contributed by atoms with E-state index in [1.54, 1.807) is 18.2 Å². The highest BCUT2D eigenvalue weighted by Gasteiger charge is 2.16. The van der Waals surface area contributed by atoms with Gasteiger partial charge in [0.1, 0.15) is 5.69 Å². The molecule has 1 heterocycles. The van der Waals surface area contributed by atoms with Gasteiger partial charge in [-0.25, -0.2) is 13.5 Å². The van der Waals surface area contributed by atoms with Crippen molar-refractivity contribution in [2.75, 3.05) is 32.9 Å². The van der Waals surface area contributed by atoms with E-state index in [1.807, 2.05) is 40.0 Å². The number of benzene rings is 2. The number of sulfone groups is 1. The van der Waals surface area contributed by atoms with Gasteiger partial charge in [-0.15, -0.1) is 0 Å². The van der Waals surface area contributed by atoms with E-state index < -0.39 is 15.4 Å². The average Bonchev–Trinajstić information content (AvgIpc) is 3.27. The van der Waals surface area contributed by atoms with E-state index in [-0.39, 0.29) is 10.8 Å². The molecular weight excluding hydrogens is 504 g/mol. The number of amides is 2. The highest BCUT2D eigenvalue weighted by Crippen LogP contribution is 2.20. The molecule has 2 amide bonds. The number of aromatic nitrogens is 1. The second-order valence-electron chi connectivity index (χ2n) is 10.6. The number of likely N-dealkylation sites (N-methyl/N-ethyl adjacent to an activating group) is 1. The third-order valence-corrected chi connectivity index (χ3v) is 7.03. The van der Waals surface area contributed by atoms with Crippen molar-refractivity contribution in [3.63, 3.8) is 0 Å². The molecule has 1 aromatic heterocycles. The molecule has 0 fully saturated rings. The van der Waals surface area contributed by atoms with Gasteiger partial charge in [-0.3, -0.25) is 14.4 Å². The summed E-state index contributed by atoms with van der Waals surface area (Å²) in [6.07, 6.45) is 3.77. The first kappa shape index (κ1) is 29.3. The van der Waals surface area contributed by atoms with E-state index in [4.69, 9.17) is 4.84 Å². The van der Waals surface area contributed by atoms with Crippen molar-refractivity contribution in [3.8, 4) is 0 Å². The zero-order valence-corrected chi connectivity index (χ0v) is 23.6. The number of H-pyrrole nitrogens is 1. The Morgan fingerprint density at radius 3 is 2.37 bits per heavy atom. The van der Waals surface area contributed by atoms with Crippen molar-refractivity contribution in [1.82, 2.24) is 20.3 Å². The summed E-state index contributed by atoms with van der Waals surface area (Å²) >= 11 is 0. The van der Waals surface area contributed by atoms with Crippen LogP contribution in [0.3, 0.4) is 0 Å². The Balaban J connectivity index is 1.39. The Morgan fingerprint density at radius 1 is 1.05 bits per heavy atom. The highest BCUT2D eigenvalue weighted by atomic mass is 32.2. The zero-order chi connectivity index (χ0) is 27.9. The molecule has 0 aliphatic rings. The molecule has 9 nitrogen and oxygen atoms in total. The fraction of sp³-hybridized carbons (Fsp3) is 0.429. The van der Waals surface area contributed by atoms with Crippen LogP contribution in [0.15, 0.2) is 53.4 Å². The molecule has 206 valence electrons. The molecule has 2 N–H and O–H groups in total. The van der Waals surface area contributed by atoms with Crippen molar-refractivity contribution >= 4 is 33.1 Å². The maximum Gasteiger partial charge on any atom is 0.267 e. The van der Waals surface area contributed by atoms with Gasteiger partial charge < -0.3 is 15.2 Å². The van der Waals surface area contributed by atoms with Gasteiger partial charge in [0.25, 0.3) is 5.91 Å². The maximum atomic E-state index is 12.5. The molecular formula is C28H38N4O5S. The normalized spacial score (nSPS) is 12.2. The summed E-state index contributed by atoms with van der Waals surface area (Å²) in [6.45, 7) is 8.20. The predicted octanol–water partition coefficient (Wildman–Crippen LogP) is 3.55. The number of hydrogen-bond donors (Lipinski definition) is 2. The number of hydroxylamine groups is 2. The number of nitrogens with zero attached hydrogens (tertiary/aromatic N) is 2. The van der Waals surface area contributed by atoms with Gasteiger partial charge in [0.15, 0.2) is 9.84 Å². The average molecular weight is 543 g/mol. The predicted molar refractivity (Wildman–Crippen MR) is 148 cm³/mol. The van der Waals surface area contributed by atoms with Crippen LogP contribution in [-0.4, -0.2) is 74.2 Å². The Kier molecular flexibility index (Phi) is 9.70. The van der Waals surface area contributed by atoms with Crippen LogP contribution in [0.1, 0.15) is 48.8 Å². The van der Waals surface area contributed by atoms with Crippen LogP contribution in [-0.2, 0) is 32.4 Å². The van der Waals surface area contributed by atoms with E-state index in [2.05, 4.69) is 27.3 Å². The zero-order valence-electron chi connectivity index (χ0n) is 22.8. The Bertz CT molecular complexity index is 1340. The highest BCUT2D eigenvalue weighted by molar-refractivity contribution is 7.90. The van der Waals surface area contributed by atoms with Crippen molar-refractivity contribution in [2.24, 2.45) is 0 Å². The molecule has 2 aromatic carbocycles. The van der Waals surface area contributed by atoms with Gasteiger partial charge in [-0.05, 0) is 82.6 Å². The first-order valence-corrected chi connectivity index (χ1v) is 14.5. The van der Waals surface area contributed by atoms with Crippen LogP contribution in [0, 0.1) is 0 Å². The molecule has 3 rings (SSSR count). The first-order valence-electron chi connectivity index (χ1n) is 12.6. The number of fused-ring (bicyclic) bond motifs is 1. The third kappa shape index (κ3) is 8.97. The van der Waals surface area contributed by atoms with Crippen LogP contribution in [0.2, 0.25) is 0 Å². The smallest absolute Gasteiger partial charge is 0.267 e. The molecule has 10 heteroatoms. The number of aromatic amines is 1. The summed E-state index contributed by atoms with van der Waals surface area (Å²) in [5.41, 5.74) is 2.91. The van der Waals surface area contributed by atoms with Crippen molar-refractivity contribution in [2.45, 2.75) is 50.7 Å². The summed E-state index contributed by atoms with van der Waals surface area (Å²) in [7, 11) is -1.28. The van der Waals surface area contributed by atoms with E-state index in [1.165, 1.54) is 16.7 Å². The van der Waals surface area contributed by atoms with Gasteiger partial charge in [0, 0.05) is 30.2 Å². The minimum atomic E-state index is -3.31. The van der Waals surface area contributed by atoms with Crippen LogP contribution < -0.4 is 5.32 Å². The topological polar surface area (TPSA) is 112 Å². The SMILES string of the molecule is CN(CCCc1ccc(CN(C=O)OC(C)(C)C)cc1)CCNC(=O)c1cc2cc(S(C)(=O)=O)ccc2[nH]1. The van der Waals surface area contributed by atoms with E-state index in [9.17, 15) is 18.0 Å². The molecule has 0 unspecified atom stereocenters. The lowest BCUT2D eigenvalue weighted by Gasteiger charge is -2.26. The summed E-state index contributed by atoms with van der Waals surface area (Å²) in [6, 6.07) is 14.6. The van der Waals surface area contributed by atoms with Crippen LogP contribution in [0.5, 0.6) is 0 Å². The molecule has 0 bridgehead atoms. The quantitative estimate of drug-likeness (QED) is 0.252. The molecule has 0 aliphatic heterocycles. The van der Waals surface area contributed by atoms with E-state index in [0.717, 1.165) is 31.2 Å². The molecule has 0 saturated heterocycles. The third-order valence-electron chi connectivity index (χ3n) is 5.92. The summed E-state index contributed by atoms with van der Waals surface area (Å²) < 4.78 is 23.5. The van der Waals surface area contributed by atoms with E-state index >= 15 is 0 Å². The largest absolute Gasteiger partial charge is 0.351 e. The first-order chi connectivity index (χ1) is 17.8. The lowest BCUT2D eigenvalue weighted by Crippen LogP contribution is -2.33. The van der Waals surface area contributed by atoms with Crippen LogP contribution in [0.4, 0.5) is 0 Å². The van der Waals surface area contributed by atoms with Gasteiger partial charge >= 0.3 is 0 Å². The molecule has 38 heavy (non-hydrogen) atoms. The number of carbonyl (C=O) groups excluding carboxylic acids is 2. The Labute approximate surface area is 225 Å². The van der Waals surface area contributed by atoms with E-state index in [0.29, 0.717) is 42.6 Å².